The van der Waals surface area contributed by atoms with Crippen LogP contribution in [-0.4, -0.2) is 47.4 Å². The third kappa shape index (κ3) is 9.46. The van der Waals surface area contributed by atoms with Crippen molar-refractivity contribution in [1.29, 1.82) is 0 Å². The summed E-state index contributed by atoms with van der Waals surface area (Å²) in [5, 5.41) is 8.11. The molecule has 1 aromatic rings. The highest BCUT2D eigenvalue weighted by molar-refractivity contribution is 5.96. The summed E-state index contributed by atoms with van der Waals surface area (Å²) in [6.07, 6.45) is -0.170. The minimum absolute atomic E-state index is 0.0441. The number of carbonyl (C=O) groups excluding carboxylic acids is 2. The minimum atomic E-state index is -4.47. The molecule has 34 heavy (non-hydrogen) atoms. The van der Waals surface area contributed by atoms with Gasteiger partial charge >= 0.3 is 12.3 Å². The van der Waals surface area contributed by atoms with Crippen LogP contribution in [0, 0.1) is 11.8 Å². The van der Waals surface area contributed by atoms with Crippen LogP contribution in [0.5, 0.6) is 0 Å². The average molecular weight is 488 g/mol. The Morgan fingerprint density at radius 3 is 2.44 bits per heavy atom. The first-order valence-corrected chi connectivity index (χ1v) is 11.5. The summed E-state index contributed by atoms with van der Waals surface area (Å²) in [5.74, 6) is 0.349. The molecule has 192 valence electrons. The number of anilines is 1. The quantitative estimate of drug-likeness (QED) is 0.444. The van der Waals surface area contributed by atoms with Gasteiger partial charge in [0, 0.05) is 19.3 Å². The number of hydrogen-bond acceptors (Lipinski definition) is 6. The van der Waals surface area contributed by atoms with Crippen molar-refractivity contribution in [2.75, 3.05) is 11.9 Å². The first-order chi connectivity index (χ1) is 15.7. The smallest absolute Gasteiger partial charge is 0.408 e. The van der Waals surface area contributed by atoms with E-state index in [0.29, 0.717) is 11.5 Å². The number of pyridine rings is 1. The molecule has 1 saturated carbocycles. The lowest BCUT2D eigenvalue weighted by molar-refractivity contribution is -0.146. The summed E-state index contributed by atoms with van der Waals surface area (Å²) in [5.41, 5.74) is 5.02. The molecule has 1 aliphatic rings. The van der Waals surface area contributed by atoms with Crippen molar-refractivity contribution in [3.05, 3.63) is 23.9 Å². The molecule has 0 aromatic carbocycles. The van der Waals surface area contributed by atoms with E-state index in [4.69, 9.17) is 10.5 Å². The standard InChI is InChI=1S/C23H36F3N5O3/c1-14-5-7-16(8-6-14)19(31-21(33)34-22(2,3)4)20(32)30-18-11-15(9-10-29-18)12-28-13-17(27)23(24,25)26/h9-11,14,16-17,19,28H,5-8,12-13,27H2,1-4H3,(H,31,33)(H,29,30,32)/t14?,16?,17-,19-/m0/s1. The predicted molar refractivity (Wildman–Crippen MR) is 123 cm³/mol. The van der Waals surface area contributed by atoms with Crippen LogP contribution in [0.15, 0.2) is 18.3 Å². The van der Waals surface area contributed by atoms with Crippen LogP contribution in [0.4, 0.5) is 23.8 Å². The van der Waals surface area contributed by atoms with Gasteiger partial charge in [-0.3, -0.25) is 4.79 Å². The predicted octanol–water partition coefficient (Wildman–Crippen LogP) is 3.72. The van der Waals surface area contributed by atoms with E-state index >= 15 is 0 Å². The molecule has 2 atom stereocenters. The number of ether oxygens (including phenoxy) is 1. The zero-order valence-corrected chi connectivity index (χ0v) is 20.2. The van der Waals surface area contributed by atoms with Crippen molar-refractivity contribution >= 4 is 17.8 Å². The van der Waals surface area contributed by atoms with Gasteiger partial charge in [0.2, 0.25) is 5.91 Å². The molecule has 8 nitrogen and oxygen atoms in total. The van der Waals surface area contributed by atoms with Crippen LogP contribution in [0.3, 0.4) is 0 Å². The number of nitrogens with zero attached hydrogens (tertiary/aromatic N) is 1. The highest BCUT2D eigenvalue weighted by Crippen LogP contribution is 2.31. The van der Waals surface area contributed by atoms with Gasteiger partial charge in [-0.1, -0.05) is 19.8 Å². The summed E-state index contributed by atoms with van der Waals surface area (Å²) in [7, 11) is 0. The second-order valence-corrected chi connectivity index (χ2v) is 9.96. The minimum Gasteiger partial charge on any atom is -0.444 e. The zero-order valence-electron chi connectivity index (χ0n) is 20.2. The molecule has 0 radical (unpaired) electrons. The summed E-state index contributed by atoms with van der Waals surface area (Å²) in [6, 6.07) is 0.431. The molecule has 1 heterocycles. The number of amides is 2. The molecule has 2 rings (SSSR count). The van der Waals surface area contributed by atoms with E-state index in [1.54, 1.807) is 32.9 Å². The first kappa shape index (κ1) is 27.8. The summed E-state index contributed by atoms with van der Waals surface area (Å²) in [4.78, 5) is 29.7. The van der Waals surface area contributed by atoms with Gasteiger partial charge in [-0.15, -0.1) is 0 Å². The van der Waals surface area contributed by atoms with E-state index in [0.717, 1.165) is 25.7 Å². The fourth-order valence-corrected chi connectivity index (χ4v) is 3.80. The first-order valence-electron chi connectivity index (χ1n) is 11.5. The van der Waals surface area contributed by atoms with Gasteiger partial charge in [-0.05, 0) is 63.1 Å². The molecule has 1 fully saturated rings. The van der Waals surface area contributed by atoms with Crippen LogP contribution in [0.2, 0.25) is 0 Å². The number of aromatic nitrogens is 1. The molecule has 0 saturated heterocycles. The molecule has 0 bridgehead atoms. The lowest BCUT2D eigenvalue weighted by atomic mass is 9.79. The van der Waals surface area contributed by atoms with Gasteiger partial charge in [0.1, 0.15) is 23.5 Å². The number of carbonyl (C=O) groups is 2. The average Bonchev–Trinajstić information content (AvgIpc) is 2.71. The maximum atomic E-state index is 13.1. The van der Waals surface area contributed by atoms with Crippen molar-refractivity contribution in [2.45, 2.75) is 83.8 Å². The van der Waals surface area contributed by atoms with Gasteiger partial charge in [-0.25, -0.2) is 9.78 Å². The largest absolute Gasteiger partial charge is 0.444 e. The summed E-state index contributed by atoms with van der Waals surface area (Å²) >= 11 is 0. The van der Waals surface area contributed by atoms with Crippen LogP contribution in [0.1, 0.15) is 58.9 Å². The van der Waals surface area contributed by atoms with Crippen molar-refractivity contribution in [1.82, 2.24) is 15.6 Å². The van der Waals surface area contributed by atoms with Gasteiger partial charge in [-0.2, -0.15) is 13.2 Å². The normalized spacial score (nSPS) is 20.8. The highest BCUT2D eigenvalue weighted by Gasteiger charge is 2.36. The van der Waals surface area contributed by atoms with Gasteiger partial charge < -0.3 is 26.4 Å². The maximum absolute atomic E-state index is 13.1. The second kappa shape index (κ2) is 11.8. The number of halogens is 3. The van der Waals surface area contributed by atoms with E-state index in [2.05, 4.69) is 27.9 Å². The lowest BCUT2D eigenvalue weighted by Crippen LogP contribution is -2.50. The van der Waals surface area contributed by atoms with Crippen LogP contribution in [0.25, 0.3) is 0 Å². The highest BCUT2D eigenvalue weighted by atomic mass is 19.4. The number of alkyl halides is 3. The summed E-state index contributed by atoms with van der Waals surface area (Å²) in [6.45, 7) is 7.08. The topological polar surface area (TPSA) is 118 Å². The Morgan fingerprint density at radius 1 is 1.21 bits per heavy atom. The molecule has 0 spiro atoms. The van der Waals surface area contributed by atoms with Gasteiger partial charge in [0.25, 0.3) is 0 Å². The van der Waals surface area contributed by atoms with Gasteiger partial charge in [0.15, 0.2) is 0 Å². The SMILES string of the molecule is CC1CCC([C@H](NC(=O)OC(C)(C)C)C(=O)Nc2cc(CNC[C@H](N)C(F)(F)F)ccn2)CC1. The maximum Gasteiger partial charge on any atom is 0.408 e. The van der Waals surface area contributed by atoms with Crippen molar-refractivity contribution in [3.63, 3.8) is 0 Å². The Kier molecular flexibility index (Phi) is 9.69. The molecule has 0 aliphatic heterocycles. The van der Waals surface area contributed by atoms with Crippen LogP contribution < -0.4 is 21.7 Å². The fraction of sp³-hybridized carbons (Fsp3) is 0.696. The number of rotatable bonds is 8. The molecule has 2 amide bonds. The number of hydrogen-bond donors (Lipinski definition) is 4. The lowest BCUT2D eigenvalue weighted by Gasteiger charge is -2.32. The van der Waals surface area contributed by atoms with E-state index in [1.165, 1.54) is 6.20 Å². The monoisotopic (exact) mass is 487 g/mol. The number of alkyl carbamates (subject to hydrolysis) is 1. The Bertz CT molecular complexity index is 821. The Morgan fingerprint density at radius 2 is 1.85 bits per heavy atom. The molecule has 1 aromatic heterocycles. The zero-order chi connectivity index (χ0) is 25.5. The third-order valence-electron chi connectivity index (χ3n) is 5.68. The second-order valence-electron chi connectivity index (χ2n) is 9.96. The number of nitrogens with two attached hydrogens (primary N) is 1. The van der Waals surface area contributed by atoms with Crippen molar-refractivity contribution in [2.24, 2.45) is 17.6 Å². The van der Waals surface area contributed by atoms with E-state index in [1.807, 2.05) is 0 Å². The molecule has 1 aliphatic carbocycles. The Balaban J connectivity index is 2.04. The Labute approximate surface area is 198 Å². The fourth-order valence-electron chi connectivity index (χ4n) is 3.80. The van der Waals surface area contributed by atoms with Crippen LogP contribution in [-0.2, 0) is 16.1 Å². The molecule has 5 N–H and O–H groups in total. The molecule has 11 heteroatoms. The molecular formula is C23H36F3N5O3. The third-order valence-corrected chi connectivity index (χ3v) is 5.68. The molecular weight excluding hydrogens is 451 g/mol. The van der Waals surface area contributed by atoms with E-state index in [9.17, 15) is 22.8 Å². The van der Waals surface area contributed by atoms with E-state index in [-0.39, 0.29) is 18.3 Å². The van der Waals surface area contributed by atoms with Gasteiger partial charge in [0.05, 0.1) is 0 Å². The van der Waals surface area contributed by atoms with Crippen LogP contribution >= 0.6 is 0 Å². The molecule has 0 unspecified atom stereocenters. The van der Waals surface area contributed by atoms with Crippen molar-refractivity contribution < 1.29 is 27.5 Å². The Hall–Kier alpha value is -2.40. The van der Waals surface area contributed by atoms with E-state index < -0.39 is 42.4 Å². The summed E-state index contributed by atoms with van der Waals surface area (Å²) < 4.78 is 43.0. The number of nitrogens with one attached hydrogen (secondary N) is 3. The van der Waals surface area contributed by atoms with Crippen molar-refractivity contribution in [3.8, 4) is 0 Å².